The number of rotatable bonds is 4. The number of hydrogen-bond donors (Lipinski definition) is 1. The summed E-state index contributed by atoms with van der Waals surface area (Å²) in [5.74, 6) is -1.65. The number of hydrazone groups is 1. The molecule has 2 aromatic rings. The van der Waals surface area contributed by atoms with E-state index in [4.69, 9.17) is 9.78 Å². The Morgan fingerprint density at radius 1 is 1.22 bits per heavy atom. The molecular weight excluding hydrogens is 368 g/mol. The maximum atomic E-state index is 13.4. The Bertz CT molecular complexity index is 934. The molecule has 1 N–H and O–H groups in total. The predicted molar refractivity (Wildman–Crippen MR) is 87.6 cm³/mol. The highest BCUT2D eigenvalue weighted by Gasteiger charge is 2.31. The van der Waals surface area contributed by atoms with E-state index in [1.807, 2.05) is 20.8 Å². The van der Waals surface area contributed by atoms with Gasteiger partial charge in [0.05, 0.1) is 11.3 Å². The number of aromatic nitrogens is 1. The average molecular weight is 382 g/mol. The van der Waals surface area contributed by atoms with Crippen LogP contribution in [0.2, 0.25) is 0 Å². The van der Waals surface area contributed by atoms with Gasteiger partial charge in [-0.2, -0.15) is 23.5 Å². The molecule has 10 heteroatoms. The quantitative estimate of drug-likeness (QED) is 0.368. The fourth-order valence-electron chi connectivity index (χ4n) is 1.92. The number of alkyl halides is 3. The lowest BCUT2D eigenvalue weighted by Gasteiger charge is -2.12. The molecule has 1 aromatic heterocycles. The van der Waals surface area contributed by atoms with Gasteiger partial charge >= 0.3 is 6.18 Å². The molecule has 0 amide bonds. The van der Waals surface area contributed by atoms with E-state index in [0.29, 0.717) is 17.9 Å². The molecule has 0 unspecified atom stereocenters. The monoisotopic (exact) mass is 382 g/mol. The van der Waals surface area contributed by atoms with Gasteiger partial charge in [-0.1, -0.05) is 25.9 Å². The first kappa shape index (κ1) is 20.1. The second-order valence-electron chi connectivity index (χ2n) is 6.57. The van der Waals surface area contributed by atoms with E-state index < -0.39 is 34.5 Å². The van der Waals surface area contributed by atoms with Gasteiger partial charge in [-0.15, -0.1) is 0 Å². The zero-order chi connectivity index (χ0) is 20.4. The van der Waals surface area contributed by atoms with Crippen molar-refractivity contribution in [3.63, 3.8) is 0 Å². The summed E-state index contributed by atoms with van der Waals surface area (Å²) in [6, 6.07) is 4.52. The van der Waals surface area contributed by atoms with E-state index in [1.54, 1.807) is 0 Å². The first-order valence-corrected chi connectivity index (χ1v) is 7.55. The number of ketones is 1. The van der Waals surface area contributed by atoms with Gasteiger partial charge in [-0.25, -0.2) is 4.39 Å². The highest BCUT2D eigenvalue weighted by Crippen LogP contribution is 2.31. The predicted octanol–water partition coefficient (Wildman–Crippen LogP) is 4.30. The maximum absolute atomic E-state index is 13.4. The zero-order valence-electron chi connectivity index (χ0n) is 14.5. The fraction of sp³-hybridized carbons (Fsp3) is 0.294. The molecule has 1 aromatic carbocycles. The van der Waals surface area contributed by atoms with Gasteiger partial charge in [0.1, 0.15) is 17.6 Å². The van der Waals surface area contributed by atoms with Crippen molar-refractivity contribution < 1.29 is 26.9 Å². The van der Waals surface area contributed by atoms with Crippen molar-refractivity contribution in [2.45, 2.75) is 32.4 Å². The Hall–Kier alpha value is -3.22. The fourth-order valence-corrected chi connectivity index (χ4v) is 1.92. The highest BCUT2D eigenvalue weighted by atomic mass is 19.4. The van der Waals surface area contributed by atoms with Gasteiger partial charge in [-0.05, 0) is 18.2 Å². The zero-order valence-corrected chi connectivity index (χ0v) is 14.5. The molecule has 2 rings (SSSR count). The van der Waals surface area contributed by atoms with Crippen molar-refractivity contribution in [3.8, 4) is 6.07 Å². The molecule has 1 heterocycles. The summed E-state index contributed by atoms with van der Waals surface area (Å²) in [6.07, 6.45) is -4.76. The topological polar surface area (TPSA) is 91.3 Å². The van der Waals surface area contributed by atoms with Crippen molar-refractivity contribution in [2.75, 3.05) is 5.43 Å². The molecule has 0 aliphatic rings. The number of hydrogen-bond acceptors (Lipinski definition) is 6. The third kappa shape index (κ3) is 4.91. The largest absolute Gasteiger partial charge is 0.416 e. The van der Waals surface area contributed by atoms with Crippen LogP contribution >= 0.6 is 0 Å². The molecule has 0 radical (unpaired) electrons. The van der Waals surface area contributed by atoms with E-state index in [2.05, 4.69) is 15.7 Å². The maximum Gasteiger partial charge on any atom is 0.416 e. The summed E-state index contributed by atoms with van der Waals surface area (Å²) in [5, 5.41) is 16.1. The Morgan fingerprint density at radius 2 is 1.89 bits per heavy atom. The van der Waals surface area contributed by atoms with Crippen LogP contribution in [0, 0.1) is 17.1 Å². The minimum absolute atomic E-state index is 0.183. The Balaban J connectivity index is 2.27. The van der Waals surface area contributed by atoms with Crippen LogP contribution in [-0.2, 0) is 11.6 Å². The molecule has 142 valence electrons. The third-order valence-electron chi connectivity index (χ3n) is 3.32. The van der Waals surface area contributed by atoms with Crippen LogP contribution in [0.5, 0.6) is 0 Å². The second kappa shape index (κ2) is 7.19. The minimum Gasteiger partial charge on any atom is -0.360 e. The molecule has 0 aliphatic carbocycles. The van der Waals surface area contributed by atoms with Gasteiger partial charge in [0.15, 0.2) is 5.69 Å². The average Bonchev–Trinajstić information content (AvgIpc) is 3.04. The van der Waals surface area contributed by atoms with E-state index in [-0.39, 0.29) is 11.4 Å². The molecular formula is C17H14F4N4O2. The highest BCUT2D eigenvalue weighted by molar-refractivity contribution is 6.51. The second-order valence-corrected chi connectivity index (χ2v) is 6.57. The lowest BCUT2D eigenvalue weighted by Crippen LogP contribution is -2.15. The molecule has 0 atom stereocenters. The number of nitrogens with zero attached hydrogens (tertiary/aromatic N) is 3. The van der Waals surface area contributed by atoms with E-state index in [1.165, 1.54) is 12.1 Å². The molecule has 0 fully saturated rings. The van der Waals surface area contributed by atoms with Gasteiger partial charge in [-0.3, -0.25) is 10.2 Å². The molecule has 0 aliphatic heterocycles. The minimum atomic E-state index is -4.76. The molecule has 0 bridgehead atoms. The Labute approximate surface area is 151 Å². The van der Waals surface area contributed by atoms with Crippen molar-refractivity contribution in [3.05, 3.63) is 47.1 Å². The van der Waals surface area contributed by atoms with Crippen LogP contribution in [0.1, 0.15) is 42.6 Å². The van der Waals surface area contributed by atoms with Crippen molar-refractivity contribution >= 4 is 17.2 Å². The summed E-state index contributed by atoms with van der Waals surface area (Å²) in [4.78, 5) is 12.3. The number of nitrogens with one attached hydrogen (secondary N) is 1. The smallest absolute Gasteiger partial charge is 0.360 e. The van der Waals surface area contributed by atoms with Crippen LogP contribution in [0.4, 0.5) is 23.2 Å². The van der Waals surface area contributed by atoms with Crippen molar-refractivity contribution in [1.82, 2.24) is 5.16 Å². The van der Waals surface area contributed by atoms with Crippen molar-refractivity contribution in [2.24, 2.45) is 5.10 Å². The first-order chi connectivity index (χ1) is 12.4. The number of benzene rings is 1. The summed E-state index contributed by atoms with van der Waals surface area (Å²) in [7, 11) is 0. The molecule has 27 heavy (non-hydrogen) atoms. The van der Waals surface area contributed by atoms with E-state index in [0.717, 1.165) is 6.07 Å². The first-order valence-electron chi connectivity index (χ1n) is 7.55. The summed E-state index contributed by atoms with van der Waals surface area (Å²) in [5.41, 5.74) is -0.823. The van der Waals surface area contributed by atoms with Gasteiger partial charge in [0.25, 0.3) is 0 Å². The Kier molecular flexibility index (Phi) is 5.35. The lowest BCUT2D eigenvalue weighted by molar-refractivity contribution is -0.137. The molecule has 0 saturated carbocycles. The van der Waals surface area contributed by atoms with Crippen molar-refractivity contribution in [1.29, 1.82) is 5.26 Å². The van der Waals surface area contributed by atoms with E-state index >= 15 is 0 Å². The van der Waals surface area contributed by atoms with Gasteiger partial charge in [0, 0.05) is 11.5 Å². The SMILES string of the molecule is CC(C)(C)c1cc(C(=O)/C(C#N)=N/Nc2cc(F)cc(C(F)(F)F)c2)no1. The standard InChI is InChI=1S/C17H14F4N4O2/c1-16(2,3)14-7-12(25-27-14)15(26)13(8-22)24-23-11-5-9(17(19,20)21)4-10(18)6-11/h4-7,23H,1-3H3/b24-13+. The summed E-state index contributed by atoms with van der Waals surface area (Å²) >= 11 is 0. The Morgan fingerprint density at radius 3 is 2.41 bits per heavy atom. The number of carbonyl (C=O) groups is 1. The summed E-state index contributed by atoms with van der Waals surface area (Å²) in [6.45, 7) is 5.47. The number of nitriles is 1. The van der Waals surface area contributed by atoms with Crippen LogP contribution in [0.25, 0.3) is 0 Å². The number of carbonyl (C=O) groups excluding carboxylic acids is 1. The van der Waals surface area contributed by atoms with Crippen LogP contribution in [0.3, 0.4) is 0 Å². The lowest BCUT2D eigenvalue weighted by atomic mass is 9.93. The number of anilines is 1. The molecule has 0 saturated heterocycles. The number of Topliss-reactive ketones (excluding diaryl/α,β-unsaturated/α-hetero) is 1. The summed E-state index contributed by atoms with van der Waals surface area (Å²) < 4.78 is 56.5. The van der Waals surface area contributed by atoms with Gasteiger partial charge in [0.2, 0.25) is 11.5 Å². The van der Waals surface area contributed by atoms with Crippen LogP contribution in [-0.4, -0.2) is 16.7 Å². The number of halogens is 4. The molecule has 6 nitrogen and oxygen atoms in total. The third-order valence-corrected chi connectivity index (χ3v) is 3.32. The normalized spacial score (nSPS) is 12.6. The molecule has 0 spiro atoms. The van der Waals surface area contributed by atoms with E-state index in [9.17, 15) is 22.4 Å². The van der Waals surface area contributed by atoms with Crippen LogP contribution in [0.15, 0.2) is 33.9 Å². The van der Waals surface area contributed by atoms with Crippen LogP contribution < -0.4 is 5.43 Å². The van der Waals surface area contributed by atoms with Gasteiger partial charge < -0.3 is 4.52 Å².